The minimum Gasteiger partial charge on any atom is -0.385 e. The molecule has 0 spiro atoms. The predicted octanol–water partition coefficient (Wildman–Crippen LogP) is 3.77. The summed E-state index contributed by atoms with van der Waals surface area (Å²) in [6, 6.07) is 13.8. The van der Waals surface area contributed by atoms with Crippen LogP contribution in [0.25, 0.3) is 0 Å². The van der Waals surface area contributed by atoms with Crippen LogP contribution in [0.1, 0.15) is 11.1 Å². The van der Waals surface area contributed by atoms with Crippen LogP contribution in [0.3, 0.4) is 0 Å². The first-order valence-corrected chi connectivity index (χ1v) is 6.65. The summed E-state index contributed by atoms with van der Waals surface area (Å²) in [7, 11) is 0. The van der Waals surface area contributed by atoms with Crippen molar-refractivity contribution < 1.29 is 4.92 Å². The summed E-state index contributed by atoms with van der Waals surface area (Å²) in [6.07, 6.45) is 0.769. The number of nitriles is 1. The van der Waals surface area contributed by atoms with E-state index in [4.69, 9.17) is 16.9 Å². The standard InChI is InChI=1S/C15H12ClN3O2/c16-13-4-1-11(2-5-13)7-8-18-14-6-3-12(10-17)15(9-14)19(20)21/h1-6,9,18H,7-8H2. The molecule has 0 unspecified atom stereocenters. The van der Waals surface area contributed by atoms with Gasteiger partial charge in [-0.1, -0.05) is 23.7 Å². The van der Waals surface area contributed by atoms with E-state index < -0.39 is 4.92 Å². The summed E-state index contributed by atoms with van der Waals surface area (Å²) in [5, 5.41) is 23.5. The molecule has 0 radical (unpaired) electrons. The van der Waals surface area contributed by atoms with Crippen molar-refractivity contribution >= 4 is 23.0 Å². The fraction of sp³-hybridized carbons (Fsp3) is 0.133. The van der Waals surface area contributed by atoms with Crippen LogP contribution < -0.4 is 5.32 Å². The molecule has 2 aromatic rings. The Balaban J connectivity index is 2.00. The second-order valence-electron chi connectivity index (χ2n) is 4.40. The van der Waals surface area contributed by atoms with Crippen molar-refractivity contribution in [2.24, 2.45) is 0 Å². The lowest BCUT2D eigenvalue weighted by molar-refractivity contribution is -0.385. The van der Waals surface area contributed by atoms with Crippen LogP contribution in [0.4, 0.5) is 11.4 Å². The van der Waals surface area contributed by atoms with E-state index >= 15 is 0 Å². The van der Waals surface area contributed by atoms with E-state index in [-0.39, 0.29) is 11.3 Å². The lowest BCUT2D eigenvalue weighted by Gasteiger charge is -2.07. The van der Waals surface area contributed by atoms with Gasteiger partial charge in [0.1, 0.15) is 11.6 Å². The Morgan fingerprint density at radius 1 is 1.24 bits per heavy atom. The summed E-state index contributed by atoms with van der Waals surface area (Å²) in [6.45, 7) is 0.630. The SMILES string of the molecule is N#Cc1ccc(NCCc2ccc(Cl)cc2)cc1[N+](=O)[O-]. The molecule has 0 aliphatic rings. The highest BCUT2D eigenvalue weighted by atomic mass is 35.5. The molecular formula is C15H12ClN3O2. The third-order valence-electron chi connectivity index (χ3n) is 2.97. The summed E-state index contributed by atoms with van der Waals surface area (Å²) in [5.41, 5.74) is 1.61. The van der Waals surface area contributed by atoms with Crippen LogP contribution in [-0.2, 0) is 6.42 Å². The van der Waals surface area contributed by atoms with Crippen molar-refractivity contribution in [3.05, 3.63) is 68.7 Å². The third kappa shape index (κ3) is 3.94. The van der Waals surface area contributed by atoms with Crippen molar-refractivity contribution in [1.82, 2.24) is 0 Å². The Morgan fingerprint density at radius 2 is 1.95 bits per heavy atom. The van der Waals surface area contributed by atoms with Crippen LogP contribution in [0.15, 0.2) is 42.5 Å². The summed E-state index contributed by atoms with van der Waals surface area (Å²) in [4.78, 5) is 10.3. The molecule has 21 heavy (non-hydrogen) atoms. The molecule has 0 bridgehead atoms. The van der Waals surface area contributed by atoms with Gasteiger partial charge < -0.3 is 5.32 Å². The van der Waals surface area contributed by atoms with Gasteiger partial charge in [-0.05, 0) is 36.2 Å². The number of nitro groups is 1. The number of anilines is 1. The first-order chi connectivity index (χ1) is 10.1. The number of nitro benzene ring substituents is 1. The number of hydrogen-bond acceptors (Lipinski definition) is 4. The van der Waals surface area contributed by atoms with Crippen molar-refractivity contribution in [2.75, 3.05) is 11.9 Å². The second-order valence-corrected chi connectivity index (χ2v) is 4.84. The maximum absolute atomic E-state index is 10.9. The van der Waals surface area contributed by atoms with Crippen molar-refractivity contribution in [1.29, 1.82) is 5.26 Å². The van der Waals surface area contributed by atoms with Crippen molar-refractivity contribution in [3.63, 3.8) is 0 Å². The van der Waals surface area contributed by atoms with Crippen molar-refractivity contribution in [2.45, 2.75) is 6.42 Å². The zero-order valence-corrected chi connectivity index (χ0v) is 11.8. The van der Waals surface area contributed by atoms with Gasteiger partial charge in [-0.2, -0.15) is 5.26 Å². The average molecular weight is 302 g/mol. The first kappa shape index (κ1) is 14.8. The van der Waals surface area contributed by atoms with E-state index in [1.54, 1.807) is 6.07 Å². The number of benzene rings is 2. The van der Waals surface area contributed by atoms with Crippen molar-refractivity contribution in [3.8, 4) is 6.07 Å². The molecule has 1 N–H and O–H groups in total. The van der Waals surface area contributed by atoms with E-state index in [9.17, 15) is 10.1 Å². The molecular weight excluding hydrogens is 290 g/mol. The molecule has 0 fully saturated rings. The maximum atomic E-state index is 10.9. The lowest BCUT2D eigenvalue weighted by atomic mass is 10.1. The monoisotopic (exact) mass is 301 g/mol. The molecule has 6 heteroatoms. The molecule has 5 nitrogen and oxygen atoms in total. The molecule has 0 amide bonds. The summed E-state index contributed by atoms with van der Waals surface area (Å²) < 4.78 is 0. The normalized spacial score (nSPS) is 9.90. The molecule has 0 aliphatic heterocycles. The zero-order chi connectivity index (χ0) is 15.2. The zero-order valence-electron chi connectivity index (χ0n) is 11.0. The van der Waals surface area contributed by atoms with E-state index in [0.717, 1.165) is 12.0 Å². The average Bonchev–Trinajstić information content (AvgIpc) is 2.49. The fourth-order valence-corrected chi connectivity index (χ4v) is 2.02. The second kappa shape index (κ2) is 6.73. The van der Waals surface area contributed by atoms with E-state index in [1.165, 1.54) is 12.1 Å². The molecule has 0 saturated carbocycles. The Bertz CT molecular complexity index is 693. The summed E-state index contributed by atoms with van der Waals surface area (Å²) >= 11 is 5.81. The quantitative estimate of drug-likeness (QED) is 0.673. The summed E-state index contributed by atoms with van der Waals surface area (Å²) in [5.74, 6) is 0. The van der Waals surface area contributed by atoms with Crippen LogP contribution in [0.5, 0.6) is 0 Å². The van der Waals surface area contributed by atoms with Crippen LogP contribution in [0, 0.1) is 21.4 Å². The smallest absolute Gasteiger partial charge is 0.289 e. The van der Waals surface area contributed by atoms with E-state index in [0.29, 0.717) is 17.3 Å². The van der Waals surface area contributed by atoms with Gasteiger partial charge in [0.2, 0.25) is 0 Å². The van der Waals surface area contributed by atoms with Gasteiger partial charge in [-0.3, -0.25) is 10.1 Å². The lowest BCUT2D eigenvalue weighted by Crippen LogP contribution is -2.05. The number of nitrogens with one attached hydrogen (secondary N) is 1. The van der Waals surface area contributed by atoms with Gasteiger partial charge in [0.15, 0.2) is 0 Å². The molecule has 0 aliphatic carbocycles. The van der Waals surface area contributed by atoms with Crippen LogP contribution in [-0.4, -0.2) is 11.5 Å². The molecule has 0 aromatic heterocycles. The largest absolute Gasteiger partial charge is 0.385 e. The number of hydrogen-bond donors (Lipinski definition) is 1. The Kier molecular flexibility index (Phi) is 4.75. The highest BCUT2D eigenvalue weighted by molar-refractivity contribution is 6.30. The van der Waals surface area contributed by atoms with Gasteiger partial charge >= 0.3 is 0 Å². The predicted molar refractivity (Wildman–Crippen MR) is 81.5 cm³/mol. The highest BCUT2D eigenvalue weighted by Crippen LogP contribution is 2.22. The topological polar surface area (TPSA) is 79.0 Å². The minimum absolute atomic E-state index is 0.0586. The highest BCUT2D eigenvalue weighted by Gasteiger charge is 2.13. The maximum Gasteiger partial charge on any atom is 0.289 e. The Morgan fingerprint density at radius 3 is 2.57 bits per heavy atom. The number of halogens is 1. The number of nitrogens with zero attached hydrogens (tertiary/aromatic N) is 2. The number of rotatable bonds is 5. The van der Waals surface area contributed by atoms with Gasteiger partial charge in [0.25, 0.3) is 5.69 Å². The van der Waals surface area contributed by atoms with Crippen LogP contribution in [0.2, 0.25) is 5.02 Å². The van der Waals surface area contributed by atoms with E-state index in [2.05, 4.69) is 5.32 Å². The third-order valence-corrected chi connectivity index (χ3v) is 3.22. The Labute approximate surface area is 126 Å². The molecule has 0 atom stereocenters. The molecule has 0 heterocycles. The van der Waals surface area contributed by atoms with Crippen LogP contribution >= 0.6 is 11.6 Å². The van der Waals surface area contributed by atoms with Gasteiger partial charge in [0.05, 0.1) is 4.92 Å². The molecule has 0 saturated heterocycles. The minimum atomic E-state index is -0.553. The Hall–Kier alpha value is -2.58. The van der Waals surface area contributed by atoms with Gasteiger partial charge in [-0.15, -0.1) is 0 Å². The molecule has 106 valence electrons. The van der Waals surface area contributed by atoms with Gasteiger partial charge in [0, 0.05) is 23.3 Å². The van der Waals surface area contributed by atoms with Gasteiger partial charge in [-0.25, -0.2) is 0 Å². The fourth-order valence-electron chi connectivity index (χ4n) is 1.89. The molecule has 2 aromatic carbocycles. The first-order valence-electron chi connectivity index (χ1n) is 6.27. The molecule has 2 rings (SSSR count). The van der Waals surface area contributed by atoms with E-state index in [1.807, 2.05) is 30.3 Å².